The van der Waals surface area contributed by atoms with Crippen LogP contribution in [0.15, 0.2) is 6.07 Å². The number of aromatic carboxylic acids is 1. The Labute approximate surface area is 125 Å². The van der Waals surface area contributed by atoms with Crippen molar-refractivity contribution < 1.29 is 24.5 Å². The molecule has 0 radical (unpaired) electrons. The van der Waals surface area contributed by atoms with Crippen LogP contribution in [0.5, 0.6) is 17.2 Å². The molecule has 0 aromatic heterocycles. The Bertz CT molecular complexity index is 482. The molecular weight excluding hydrogens is 272 g/mol. The molecule has 0 aliphatic rings. The lowest BCUT2D eigenvalue weighted by Crippen LogP contribution is -2.09. The highest BCUT2D eigenvalue weighted by Crippen LogP contribution is 2.42. The SMILES string of the molecule is CCCOc1c(O)cc(C(=O)O)c(CCC)c1OCCC. The molecule has 21 heavy (non-hydrogen) atoms. The number of hydrogen-bond acceptors (Lipinski definition) is 4. The van der Waals surface area contributed by atoms with Gasteiger partial charge in [-0.3, -0.25) is 0 Å². The maximum Gasteiger partial charge on any atom is 0.336 e. The number of hydrogen-bond donors (Lipinski definition) is 2. The fraction of sp³-hybridized carbons (Fsp3) is 0.562. The first-order chi connectivity index (χ1) is 10.1. The van der Waals surface area contributed by atoms with Crippen molar-refractivity contribution in [1.82, 2.24) is 0 Å². The number of carboxylic acid groups (broad SMARTS) is 1. The summed E-state index contributed by atoms with van der Waals surface area (Å²) < 4.78 is 11.3. The smallest absolute Gasteiger partial charge is 0.336 e. The third kappa shape index (κ3) is 4.28. The molecule has 5 heteroatoms. The minimum absolute atomic E-state index is 0.0734. The summed E-state index contributed by atoms with van der Waals surface area (Å²) in [4.78, 5) is 11.4. The average Bonchev–Trinajstić information content (AvgIpc) is 2.45. The van der Waals surface area contributed by atoms with E-state index in [1.807, 2.05) is 20.8 Å². The molecule has 1 rings (SSSR count). The van der Waals surface area contributed by atoms with Gasteiger partial charge in [0.05, 0.1) is 18.8 Å². The second-order valence-corrected chi connectivity index (χ2v) is 4.83. The van der Waals surface area contributed by atoms with Crippen LogP contribution in [0.4, 0.5) is 0 Å². The van der Waals surface area contributed by atoms with E-state index in [1.165, 1.54) is 6.07 Å². The van der Waals surface area contributed by atoms with Crippen LogP contribution in [-0.2, 0) is 6.42 Å². The van der Waals surface area contributed by atoms with E-state index in [1.54, 1.807) is 0 Å². The van der Waals surface area contributed by atoms with Crippen LogP contribution in [0, 0.1) is 0 Å². The van der Waals surface area contributed by atoms with Gasteiger partial charge in [-0.1, -0.05) is 27.2 Å². The number of carbonyl (C=O) groups is 1. The van der Waals surface area contributed by atoms with Crippen molar-refractivity contribution in [3.05, 3.63) is 17.2 Å². The van der Waals surface area contributed by atoms with Gasteiger partial charge in [0.2, 0.25) is 5.75 Å². The number of rotatable bonds is 9. The van der Waals surface area contributed by atoms with E-state index in [-0.39, 0.29) is 17.1 Å². The highest BCUT2D eigenvalue weighted by molar-refractivity contribution is 5.92. The van der Waals surface area contributed by atoms with Gasteiger partial charge in [-0.15, -0.1) is 0 Å². The predicted octanol–water partition coefficient (Wildman–Crippen LogP) is 3.62. The van der Waals surface area contributed by atoms with E-state index in [2.05, 4.69) is 0 Å². The van der Waals surface area contributed by atoms with Crippen molar-refractivity contribution in [2.75, 3.05) is 13.2 Å². The first-order valence-electron chi connectivity index (χ1n) is 7.44. The van der Waals surface area contributed by atoms with Crippen molar-refractivity contribution >= 4 is 5.97 Å². The van der Waals surface area contributed by atoms with Gasteiger partial charge < -0.3 is 19.7 Å². The Hall–Kier alpha value is -1.91. The van der Waals surface area contributed by atoms with E-state index < -0.39 is 5.97 Å². The molecule has 0 aliphatic heterocycles. The molecule has 0 fully saturated rings. The quantitative estimate of drug-likeness (QED) is 0.728. The molecule has 0 heterocycles. The average molecular weight is 296 g/mol. The van der Waals surface area contributed by atoms with Crippen LogP contribution in [-0.4, -0.2) is 29.4 Å². The van der Waals surface area contributed by atoms with Crippen LogP contribution in [0.2, 0.25) is 0 Å². The molecule has 0 amide bonds. The lowest BCUT2D eigenvalue weighted by molar-refractivity contribution is 0.0694. The lowest BCUT2D eigenvalue weighted by atomic mass is 10.0. The molecule has 0 unspecified atom stereocenters. The summed E-state index contributed by atoms with van der Waals surface area (Å²) in [6.45, 7) is 6.78. The Morgan fingerprint density at radius 3 is 2.10 bits per heavy atom. The summed E-state index contributed by atoms with van der Waals surface area (Å²) in [5, 5.41) is 19.4. The Kier molecular flexibility index (Phi) is 6.85. The third-order valence-corrected chi connectivity index (χ3v) is 2.95. The molecule has 118 valence electrons. The Morgan fingerprint density at radius 2 is 1.62 bits per heavy atom. The summed E-state index contributed by atoms with van der Waals surface area (Å²) >= 11 is 0. The zero-order valence-corrected chi connectivity index (χ0v) is 12.9. The molecule has 0 saturated carbocycles. The fourth-order valence-electron chi connectivity index (χ4n) is 2.05. The summed E-state index contributed by atoms with van der Waals surface area (Å²) in [7, 11) is 0. The second-order valence-electron chi connectivity index (χ2n) is 4.83. The van der Waals surface area contributed by atoms with Gasteiger partial charge in [-0.05, 0) is 25.3 Å². The molecule has 2 N–H and O–H groups in total. The van der Waals surface area contributed by atoms with Gasteiger partial charge in [-0.25, -0.2) is 4.79 Å². The Morgan fingerprint density at radius 1 is 1.05 bits per heavy atom. The van der Waals surface area contributed by atoms with Gasteiger partial charge in [0.15, 0.2) is 11.5 Å². The summed E-state index contributed by atoms with van der Waals surface area (Å²) in [6, 6.07) is 1.25. The first kappa shape index (κ1) is 17.1. The highest BCUT2D eigenvalue weighted by Gasteiger charge is 2.23. The van der Waals surface area contributed by atoms with Crippen LogP contribution in [0.1, 0.15) is 56.0 Å². The van der Waals surface area contributed by atoms with E-state index in [0.29, 0.717) is 30.9 Å². The van der Waals surface area contributed by atoms with Crippen molar-refractivity contribution in [3.8, 4) is 17.2 Å². The van der Waals surface area contributed by atoms with Crippen LogP contribution >= 0.6 is 0 Å². The molecule has 0 atom stereocenters. The van der Waals surface area contributed by atoms with Gasteiger partial charge in [-0.2, -0.15) is 0 Å². The first-order valence-corrected chi connectivity index (χ1v) is 7.44. The van der Waals surface area contributed by atoms with Gasteiger partial charge in [0.25, 0.3) is 0 Å². The largest absolute Gasteiger partial charge is 0.504 e. The zero-order chi connectivity index (χ0) is 15.8. The third-order valence-electron chi connectivity index (χ3n) is 2.95. The van der Waals surface area contributed by atoms with E-state index in [9.17, 15) is 15.0 Å². The van der Waals surface area contributed by atoms with Gasteiger partial charge in [0, 0.05) is 5.56 Å². The lowest BCUT2D eigenvalue weighted by Gasteiger charge is -2.19. The van der Waals surface area contributed by atoms with Crippen molar-refractivity contribution in [1.29, 1.82) is 0 Å². The number of phenols is 1. The maximum absolute atomic E-state index is 11.4. The Balaban J connectivity index is 3.40. The van der Waals surface area contributed by atoms with Crippen molar-refractivity contribution in [2.45, 2.75) is 46.5 Å². The highest BCUT2D eigenvalue weighted by atomic mass is 16.5. The molecule has 0 bridgehead atoms. The number of ether oxygens (including phenoxy) is 2. The maximum atomic E-state index is 11.4. The van der Waals surface area contributed by atoms with E-state index >= 15 is 0 Å². The monoisotopic (exact) mass is 296 g/mol. The summed E-state index contributed by atoms with van der Waals surface area (Å²) in [6.07, 6.45) is 2.91. The molecule has 1 aromatic rings. The predicted molar refractivity (Wildman–Crippen MR) is 80.6 cm³/mol. The number of aromatic hydroxyl groups is 1. The van der Waals surface area contributed by atoms with Crippen LogP contribution in [0.3, 0.4) is 0 Å². The standard InChI is InChI=1S/C16H24O5/c1-4-7-11-12(16(18)19)10-13(17)15(21-9-6-3)14(11)20-8-5-2/h10,17H,4-9H2,1-3H3,(H,18,19). The van der Waals surface area contributed by atoms with Gasteiger partial charge >= 0.3 is 5.97 Å². The summed E-state index contributed by atoms with van der Waals surface area (Å²) in [5.74, 6) is -0.646. The van der Waals surface area contributed by atoms with Crippen molar-refractivity contribution in [2.24, 2.45) is 0 Å². The van der Waals surface area contributed by atoms with Crippen LogP contribution < -0.4 is 9.47 Å². The number of benzene rings is 1. The molecule has 5 nitrogen and oxygen atoms in total. The minimum Gasteiger partial charge on any atom is -0.504 e. The van der Waals surface area contributed by atoms with Gasteiger partial charge in [0.1, 0.15) is 0 Å². The van der Waals surface area contributed by atoms with Crippen LogP contribution in [0.25, 0.3) is 0 Å². The van der Waals surface area contributed by atoms with E-state index in [4.69, 9.17) is 9.47 Å². The summed E-state index contributed by atoms with van der Waals surface area (Å²) in [5.41, 5.74) is 0.659. The number of carboxylic acids is 1. The molecule has 0 aliphatic carbocycles. The molecule has 1 aromatic carbocycles. The van der Waals surface area contributed by atoms with Crippen molar-refractivity contribution in [3.63, 3.8) is 0 Å². The number of phenolic OH excluding ortho intramolecular Hbond substituents is 1. The minimum atomic E-state index is -1.07. The molecular formula is C16H24O5. The topological polar surface area (TPSA) is 76.0 Å². The molecule has 0 spiro atoms. The normalized spacial score (nSPS) is 10.4. The second kappa shape index (κ2) is 8.39. The zero-order valence-electron chi connectivity index (χ0n) is 12.9. The molecule has 0 saturated heterocycles. The fourth-order valence-corrected chi connectivity index (χ4v) is 2.05. The van der Waals surface area contributed by atoms with E-state index in [0.717, 1.165) is 19.3 Å².